The fourth-order valence-electron chi connectivity index (χ4n) is 4.45. The molecule has 10 heteroatoms. The van der Waals surface area contributed by atoms with Gasteiger partial charge in [0.15, 0.2) is 23.5 Å². The van der Waals surface area contributed by atoms with Crippen molar-refractivity contribution in [1.82, 2.24) is 0 Å². The summed E-state index contributed by atoms with van der Waals surface area (Å²) in [7, 11) is 2.67. The summed E-state index contributed by atoms with van der Waals surface area (Å²) < 4.78 is 26.8. The number of hydrogen-bond donors (Lipinski definition) is 2. The maximum atomic E-state index is 13.1. The van der Waals surface area contributed by atoms with Gasteiger partial charge in [0.2, 0.25) is 0 Å². The topological polar surface area (TPSA) is 142 Å². The van der Waals surface area contributed by atoms with Crippen LogP contribution < -0.4 is 19.6 Å². The molecule has 38 heavy (non-hydrogen) atoms. The first kappa shape index (κ1) is 24.7. The summed E-state index contributed by atoms with van der Waals surface area (Å²) in [6, 6.07) is 13.7. The zero-order chi connectivity index (χ0) is 27.0. The Kier molecular flexibility index (Phi) is 6.38. The van der Waals surface area contributed by atoms with Crippen LogP contribution in [0.25, 0.3) is 22.3 Å². The van der Waals surface area contributed by atoms with Crippen molar-refractivity contribution in [2.24, 2.45) is 0 Å². The first-order valence-electron chi connectivity index (χ1n) is 11.5. The summed E-state index contributed by atoms with van der Waals surface area (Å²) in [6.45, 7) is -0.299. The van der Waals surface area contributed by atoms with Gasteiger partial charge in [-0.1, -0.05) is 12.1 Å². The lowest BCUT2D eigenvalue weighted by atomic mass is 9.85. The van der Waals surface area contributed by atoms with Crippen molar-refractivity contribution in [3.05, 3.63) is 75.9 Å². The minimum Gasteiger partial charge on any atom is -0.507 e. The number of ether oxygens (including phenoxy) is 4. The molecular formula is C28H22O10. The van der Waals surface area contributed by atoms with Crippen molar-refractivity contribution >= 4 is 22.9 Å². The van der Waals surface area contributed by atoms with Crippen LogP contribution in [0.2, 0.25) is 0 Å². The number of phenolic OH excluding ortho intramolecular Hbond substituents is 2. The van der Waals surface area contributed by atoms with E-state index in [4.69, 9.17) is 18.6 Å². The predicted octanol–water partition coefficient (Wildman–Crippen LogP) is 3.87. The van der Waals surface area contributed by atoms with E-state index in [-0.39, 0.29) is 47.0 Å². The molecule has 194 valence electrons. The van der Waals surface area contributed by atoms with Gasteiger partial charge in [0.05, 0.1) is 20.6 Å². The summed E-state index contributed by atoms with van der Waals surface area (Å²) in [5.74, 6) is -1.49. The minimum atomic E-state index is -0.626. The molecule has 1 aliphatic rings. The summed E-state index contributed by atoms with van der Waals surface area (Å²) >= 11 is 0. The van der Waals surface area contributed by atoms with E-state index in [1.54, 1.807) is 30.3 Å². The van der Waals surface area contributed by atoms with Gasteiger partial charge in [-0.2, -0.15) is 0 Å². The van der Waals surface area contributed by atoms with Crippen LogP contribution in [0.15, 0.2) is 63.8 Å². The number of methoxy groups -OCH3 is 2. The number of carbonyl (C=O) groups excluding carboxylic acids is 2. The van der Waals surface area contributed by atoms with Gasteiger partial charge < -0.3 is 33.6 Å². The lowest BCUT2D eigenvalue weighted by Crippen LogP contribution is -2.22. The molecule has 4 aromatic rings. The number of aromatic hydroxyl groups is 2. The highest BCUT2D eigenvalue weighted by atomic mass is 16.6. The third-order valence-corrected chi connectivity index (χ3v) is 6.23. The minimum absolute atomic E-state index is 0.0381. The molecule has 2 heterocycles. The molecule has 0 radical (unpaired) electrons. The second-order valence-corrected chi connectivity index (χ2v) is 8.54. The van der Waals surface area contributed by atoms with Crippen LogP contribution in [0.5, 0.6) is 28.7 Å². The van der Waals surface area contributed by atoms with Gasteiger partial charge >= 0.3 is 11.9 Å². The summed E-state index contributed by atoms with van der Waals surface area (Å²) in [5, 5.41) is 20.8. The Labute approximate surface area is 215 Å². The smallest absolute Gasteiger partial charge is 0.343 e. The molecule has 1 aliphatic heterocycles. The van der Waals surface area contributed by atoms with Crippen molar-refractivity contribution in [3.63, 3.8) is 0 Å². The van der Waals surface area contributed by atoms with E-state index in [0.717, 1.165) is 0 Å². The van der Waals surface area contributed by atoms with Gasteiger partial charge in [0, 0.05) is 29.2 Å². The van der Waals surface area contributed by atoms with Crippen LogP contribution >= 0.6 is 0 Å². The van der Waals surface area contributed by atoms with Crippen LogP contribution in [-0.4, -0.2) is 43.0 Å². The number of carbonyl (C=O) groups is 2. The Hall–Kier alpha value is -4.99. The Morgan fingerprint density at radius 1 is 1.03 bits per heavy atom. The van der Waals surface area contributed by atoms with E-state index in [1.165, 1.54) is 38.5 Å². The lowest BCUT2D eigenvalue weighted by Gasteiger charge is -2.26. The van der Waals surface area contributed by atoms with Crippen LogP contribution in [0.4, 0.5) is 0 Å². The highest BCUT2D eigenvalue weighted by Gasteiger charge is 2.34. The van der Waals surface area contributed by atoms with Crippen molar-refractivity contribution in [2.45, 2.75) is 12.3 Å². The molecule has 0 unspecified atom stereocenters. The van der Waals surface area contributed by atoms with Crippen molar-refractivity contribution in [2.75, 3.05) is 20.8 Å². The second kappa shape index (κ2) is 9.81. The maximum absolute atomic E-state index is 13.1. The summed E-state index contributed by atoms with van der Waals surface area (Å²) in [5.41, 5.74) is 0.924. The zero-order valence-corrected chi connectivity index (χ0v) is 20.3. The molecule has 0 fully saturated rings. The Balaban J connectivity index is 1.68. The van der Waals surface area contributed by atoms with Crippen LogP contribution in [0.3, 0.4) is 0 Å². The quantitative estimate of drug-likeness (QED) is 0.285. The number of benzene rings is 3. The van der Waals surface area contributed by atoms with Gasteiger partial charge in [-0.05, 0) is 35.9 Å². The lowest BCUT2D eigenvalue weighted by molar-refractivity contribution is -0.143. The first-order valence-corrected chi connectivity index (χ1v) is 11.5. The Morgan fingerprint density at radius 2 is 1.84 bits per heavy atom. The molecule has 5 rings (SSSR count). The molecule has 0 bridgehead atoms. The van der Waals surface area contributed by atoms with Crippen LogP contribution in [0, 0.1) is 0 Å². The van der Waals surface area contributed by atoms with E-state index < -0.39 is 29.0 Å². The molecular weight excluding hydrogens is 496 g/mol. The number of phenols is 2. The SMILES string of the molecule is COC(=O)COc1cccc([C@H]2CC(=O)Oc3cc(O)c4c(=O)cc(-c5ccc(OC)c(O)c5)oc4c32)c1. The molecule has 2 N–H and O–H groups in total. The molecule has 0 spiro atoms. The number of rotatable bonds is 6. The standard InChI is InChI=1S/C28H22O10/c1-34-21-7-6-15(9-18(21)29)22-11-19(30)27-20(31)12-23-26(28(27)38-22)17(10-24(32)37-23)14-4-3-5-16(8-14)36-13-25(33)35-2/h3-9,11-12,17,29,31H,10,13H2,1-2H3/t17-/m1/s1. The average molecular weight is 518 g/mol. The largest absolute Gasteiger partial charge is 0.507 e. The van der Waals surface area contributed by atoms with E-state index in [2.05, 4.69) is 4.74 Å². The molecule has 0 saturated heterocycles. The normalized spacial score (nSPS) is 14.5. The third-order valence-electron chi connectivity index (χ3n) is 6.23. The fraction of sp³-hybridized carbons (Fsp3) is 0.179. The van der Waals surface area contributed by atoms with Crippen LogP contribution in [-0.2, 0) is 14.3 Å². The molecule has 0 saturated carbocycles. The molecule has 3 aromatic carbocycles. The third kappa shape index (κ3) is 4.47. The highest BCUT2D eigenvalue weighted by Crippen LogP contribution is 2.46. The molecule has 0 amide bonds. The van der Waals surface area contributed by atoms with Crippen molar-refractivity contribution in [3.8, 4) is 40.1 Å². The number of esters is 2. The zero-order valence-electron chi connectivity index (χ0n) is 20.3. The molecule has 1 atom stereocenters. The van der Waals surface area contributed by atoms with Crippen molar-refractivity contribution in [1.29, 1.82) is 0 Å². The van der Waals surface area contributed by atoms with Gasteiger partial charge in [0.25, 0.3) is 0 Å². The average Bonchev–Trinajstić information content (AvgIpc) is 2.90. The monoisotopic (exact) mass is 518 g/mol. The van der Waals surface area contributed by atoms with Crippen LogP contribution in [0.1, 0.15) is 23.5 Å². The second-order valence-electron chi connectivity index (χ2n) is 8.54. The van der Waals surface area contributed by atoms with E-state index >= 15 is 0 Å². The maximum Gasteiger partial charge on any atom is 0.343 e. The Bertz CT molecular complexity index is 1640. The summed E-state index contributed by atoms with van der Waals surface area (Å²) in [4.78, 5) is 37.2. The Morgan fingerprint density at radius 3 is 2.58 bits per heavy atom. The first-order chi connectivity index (χ1) is 18.3. The molecule has 0 aliphatic carbocycles. The molecule has 10 nitrogen and oxygen atoms in total. The number of hydrogen-bond acceptors (Lipinski definition) is 10. The van der Waals surface area contributed by atoms with Gasteiger partial charge in [-0.15, -0.1) is 0 Å². The predicted molar refractivity (Wildman–Crippen MR) is 134 cm³/mol. The number of fused-ring (bicyclic) bond motifs is 3. The summed E-state index contributed by atoms with van der Waals surface area (Å²) in [6.07, 6.45) is -0.0788. The van der Waals surface area contributed by atoms with Gasteiger partial charge in [-0.25, -0.2) is 4.79 Å². The molecule has 1 aromatic heterocycles. The van der Waals surface area contributed by atoms with E-state index in [1.807, 2.05) is 0 Å². The van der Waals surface area contributed by atoms with E-state index in [9.17, 15) is 24.6 Å². The van der Waals surface area contributed by atoms with Gasteiger partial charge in [-0.3, -0.25) is 9.59 Å². The van der Waals surface area contributed by atoms with Crippen molar-refractivity contribution < 1.29 is 43.2 Å². The highest BCUT2D eigenvalue weighted by molar-refractivity contribution is 5.93. The van der Waals surface area contributed by atoms with Gasteiger partial charge in [0.1, 0.15) is 34.0 Å². The van der Waals surface area contributed by atoms with E-state index in [0.29, 0.717) is 22.4 Å². The fourth-order valence-corrected chi connectivity index (χ4v) is 4.45.